The first kappa shape index (κ1) is 18.8. The van der Waals surface area contributed by atoms with Crippen LogP contribution >= 0.6 is 11.6 Å². The highest BCUT2D eigenvalue weighted by atomic mass is 35.5. The highest BCUT2D eigenvalue weighted by Gasteiger charge is 2.42. The van der Waals surface area contributed by atoms with Crippen molar-refractivity contribution in [3.05, 3.63) is 65.2 Å². The molecule has 1 aliphatic rings. The van der Waals surface area contributed by atoms with E-state index in [1.165, 1.54) is 0 Å². The smallest absolute Gasteiger partial charge is 0.293 e. The number of rotatable bonds is 5. The maximum absolute atomic E-state index is 12.8. The number of imide groups is 2. The summed E-state index contributed by atoms with van der Waals surface area (Å²) in [7, 11) is 0. The number of barbiturate groups is 1. The monoisotopic (exact) mass is 383 g/mol. The molecular weight excluding hydrogens is 366 g/mol. The van der Waals surface area contributed by atoms with Crippen molar-refractivity contribution in [1.82, 2.24) is 5.32 Å². The average Bonchev–Trinajstić information content (AvgIpc) is 2.64. The van der Waals surface area contributed by atoms with Crippen molar-refractivity contribution in [3.8, 4) is 0 Å². The first-order chi connectivity index (χ1) is 13.0. The van der Waals surface area contributed by atoms with Crippen LogP contribution in [0.15, 0.2) is 59.6 Å². The molecular formula is C20H18ClN3O3. The number of carbonyl (C=O) groups is 3. The number of nitrogens with zero attached hydrogens (tertiary/aromatic N) is 2. The zero-order chi connectivity index (χ0) is 19.4. The maximum atomic E-state index is 12.8. The summed E-state index contributed by atoms with van der Waals surface area (Å²) in [5.41, 5.74) is 1.84. The first-order valence-electron chi connectivity index (χ1n) is 8.46. The Morgan fingerprint density at radius 3 is 2.41 bits per heavy atom. The number of hydrogen-bond acceptors (Lipinski definition) is 4. The van der Waals surface area contributed by atoms with Crippen LogP contribution in [0.1, 0.15) is 12.5 Å². The van der Waals surface area contributed by atoms with E-state index in [2.05, 4.69) is 10.3 Å². The second-order valence-corrected chi connectivity index (χ2v) is 6.57. The normalized spacial score (nSPS) is 17.9. The Hall–Kier alpha value is -2.99. The van der Waals surface area contributed by atoms with Crippen molar-refractivity contribution in [1.29, 1.82) is 0 Å². The first-order valence-corrected chi connectivity index (χ1v) is 8.84. The molecule has 138 valence electrons. The van der Waals surface area contributed by atoms with Gasteiger partial charge in [-0.3, -0.25) is 19.9 Å². The lowest BCUT2D eigenvalue weighted by Gasteiger charge is -2.30. The van der Waals surface area contributed by atoms with Crippen LogP contribution in [0, 0.1) is 5.92 Å². The lowest BCUT2D eigenvalue weighted by atomic mass is 9.99. The van der Waals surface area contributed by atoms with Crippen LogP contribution in [0.4, 0.5) is 10.5 Å². The van der Waals surface area contributed by atoms with Crippen LogP contribution in [0.25, 0.3) is 0 Å². The van der Waals surface area contributed by atoms with Gasteiger partial charge >= 0.3 is 6.03 Å². The molecule has 0 spiro atoms. The van der Waals surface area contributed by atoms with Gasteiger partial charge in [-0.25, -0.2) is 9.69 Å². The van der Waals surface area contributed by atoms with Crippen molar-refractivity contribution in [2.45, 2.75) is 13.3 Å². The highest BCUT2D eigenvalue weighted by molar-refractivity contribution is 6.35. The second-order valence-electron chi connectivity index (χ2n) is 6.14. The van der Waals surface area contributed by atoms with Gasteiger partial charge in [0, 0.05) is 17.3 Å². The summed E-state index contributed by atoms with van der Waals surface area (Å²) >= 11 is 5.86. The standard InChI is InChI=1S/C20H18ClN3O3/c1-13(22-12-11-14-5-3-2-4-6-14)17-18(25)23-20(27)24(19(17)26)16-9-7-15(21)8-10-16/h2-10,17H,11-12H2,1H3,(H,23,25,27). The minimum Gasteiger partial charge on any atom is -0.293 e. The molecule has 4 amide bonds. The van der Waals surface area contributed by atoms with Crippen molar-refractivity contribution < 1.29 is 14.4 Å². The Bertz CT molecular complexity index is 894. The lowest BCUT2D eigenvalue weighted by molar-refractivity contribution is -0.131. The summed E-state index contributed by atoms with van der Waals surface area (Å²) in [5.74, 6) is -2.41. The van der Waals surface area contributed by atoms with Crippen LogP contribution in [0.5, 0.6) is 0 Å². The number of nitrogens with one attached hydrogen (secondary N) is 1. The van der Waals surface area contributed by atoms with Crippen molar-refractivity contribution in [2.75, 3.05) is 11.4 Å². The molecule has 1 atom stereocenters. The summed E-state index contributed by atoms with van der Waals surface area (Å²) in [6, 6.07) is 15.3. The molecule has 3 rings (SSSR count). The molecule has 1 N–H and O–H groups in total. The Morgan fingerprint density at radius 1 is 1.07 bits per heavy atom. The highest BCUT2D eigenvalue weighted by Crippen LogP contribution is 2.23. The Balaban J connectivity index is 1.77. The van der Waals surface area contributed by atoms with Gasteiger partial charge < -0.3 is 0 Å². The third kappa shape index (κ3) is 4.23. The largest absolute Gasteiger partial charge is 0.335 e. The van der Waals surface area contributed by atoms with Crippen molar-refractivity contribution in [3.63, 3.8) is 0 Å². The SMILES string of the molecule is CC(=NCCc1ccccc1)C1C(=O)NC(=O)N(c2ccc(Cl)cc2)C1=O. The molecule has 1 heterocycles. The van der Waals surface area contributed by atoms with Crippen molar-refractivity contribution >= 4 is 40.8 Å². The number of anilines is 1. The van der Waals surface area contributed by atoms with Crippen LogP contribution in [-0.2, 0) is 16.0 Å². The van der Waals surface area contributed by atoms with Gasteiger partial charge in [0.25, 0.3) is 5.91 Å². The number of aliphatic imine (C=N–C) groups is 1. The number of carbonyl (C=O) groups excluding carboxylic acids is 3. The third-order valence-corrected chi connectivity index (χ3v) is 4.52. The molecule has 1 fully saturated rings. The summed E-state index contributed by atoms with van der Waals surface area (Å²) in [6.07, 6.45) is 0.695. The lowest BCUT2D eigenvalue weighted by Crippen LogP contribution is -2.60. The molecule has 6 nitrogen and oxygen atoms in total. The van der Waals surface area contributed by atoms with Gasteiger partial charge in [0.1, 0.15) is 0 Å². The molecule has 7 heteroatoms. The van der Waals surface area contributed by atoms with Gasteiger partial charge in [0.05, 0.1) is 5.69 Å². The van der Waals surface area contributed by atoms with Crippen LogP contribution < -0.4 is 10.2 Å². The number of urea groups is 1. The topological polar surface area (TPSA) is 78.8 Å². The number of halogens is 1. The number of hydrogen-bond donors (Lipinski definition) is 1. The molecule has 2 aromatic carbocycles. The molecule has 0 bridgehead atoms. The molecule has 1 aliphatic heterocycles. The zero-order valence-corrected chi connectivity index (χ0v) is 15.4. The molecule has 0 aliphatic carbocycles. The van der Waals surface area contributed by atoms with E-state index in [1.54, 1.807) is 31.2 Å². The fourth-order valence-electron chi connectivity index (χ4n) is 2.88. The summed E-state index contributed by atoms with van der Waals surface area (Å²) in [5, 5.41) is 2.71. The van der Waals surface area contributed by atoms with E-state index in [0.717, 1.165) is 10.5 Å². The molecule has 1 unspecified atom stereocenters. The predicted octanol–water partition coefficient (Wildman–Crippen LogP) is 3.24. The van der Waals surface area contributed by atoms with Crippen LogP contribution in [0.3, 0.4) is 0 Å². The van der Waals surface area contributed by atoms with E-state index in [9.17, 15) is 14.4 Å². The van der Waals surface area contributed by atoms with E-state index in [4.69, 9.17) is 11.6 Å². The van der Waals surface area contributed by atoms with Gasteiger partial charge in [-0.05, 0) is 43.2 Å². The number of benzene rings is 2. The minimum absolute atomic E-state index is 0.344. The fraction of sp³-hybridized carbons (Fsp3) is 0.200. The quantitative estimate of drug-likeness (QED) is 0.635. The van der Waals surface area contributed by atoms with E-state index >= 15 is 0 Å². The van der Waals surface area contributed by atoms with E-state index < -0.39 is 23.8 Å². The molecule has 27 heavy (non-hydrogen) atoms. The minimum atomic E-state index is -1.13. The van der Waals surface area contributed by atoms with E-state index in [1.807, 2.05) is 30.3 Å². The van der Waals surface area contributed by atoms with Crippen LogP contribution in [0.2, 0.25) is 5.02 Å². The zero-order valence-electron chi connectivity index (χ0n) is 14.7. The number of amides is 4. The van der Waals surface area contributed by atoms with Gasteiger partial charge in [-0.1, -0.05) is 41.9 Å². The van der Waals surface area contributed by atoms with Crippen LogP contribution in [-0.4, -0.2) is 30.1 Å². The Kier molecular flexibility index (Phi) is 5.66. The molecule has 0 radical (unpaired) electrons. The molecule has 0 saturated carbocycles. The second kappa shape index (κ2) is 8.14. The molecule has 2 aromatic rings. The molecule has 1 saturated heterocycles. The van der Waals surface area contributed by atoms with E-state index in [0.29, 0.717) is 29.4 Å². The maximum Gasteiger partial charge on any atom is 0.335 e. The van der Waals surface area contributed by atoms with E-state index in [-0.39, 0.29) is 0 Å². The predicted molar refractivity (Wildman–Crippen MR) is 104 cm³/mol. The fourth-order valence-corrected chi connectivity index (χ4v) is 3.00. The average molecular weight is 384 g/mol. The summed E-state index contributed by atoms with van der Waals surface area (Å²) < 4.78 is 0. The third-order valence-electron chi connectivity index (χ3n) is 4.27. The summed E-state index contributed by atoms with van der Waals surface area (Å²) in [4.78, 5) is 42.6. The van der Waals surface area contributed by atoms with Gasteiger partial charge in [0.2, 0.25) is 5.91 Å². The van der Waals surface area contributed by atoms with Gasteiger partial charge in [-0.2, -0.15) is 0 Å². The van der Waals surface area contributed by atoms with Gasteiger partial charge in [-0.15, -0.1) is 0 Å². The molecule has 0 aromatic heterocycles. The Labute approximate surface area is 161 Å². The summed E-state index contributed by atoms with van der Waals surface area (Å²) in [6.45, 7) is 2.07. The van der Waals surface area contributed by atoms with Gasteiger partial charge in [0.15, 0.2) is 5.92 Å². The van der Waals surface area contributed by atoms with Crippen molar-refractivity contribution in [2.24, 2.45) is 10.9 Å². The Morgan fingerprint density at radius 2 is 1.74 bits per heavy atom.